The van der Waals surface area contributed by atoms with Gasteiger partial charge < -0.3 is 15.5 Å². The molecule has 1 aromatic rings. The number of thiocarbonyl (C=S) groups is 1. The van der Waals surface area contributed by atoms with Gasteiger partial charge in [0.15, 0.2) is 5.11 Å². The number of carbonyl (C=O) groups excluding carboxylic acids is 2. The Morgan fingerprint density at radius 1 is 1.24 bits per heavy atom. The fourth-order valence-electron chi connectivity index (χ4n) is 1.70. The summed E-state index contributed by atoms with van der Waals surface area (Å²) in [6.07, 6.45) is 2.22. The quantitative estimate of drug-likeness (QED) is 0.820. The first-order valence-corrected chi connectivity index (χ1v) is 7.28. The predicted molar refractivity (Wildman–Crippen MR) is 88.3 cm³/mol. The van der Waals surface area contributed by atoms with Gasteiger partial charge in [-0.25, -0.2) is 0 Å². The van der Waals surface area contributed by atoms with Crippen LogP contribution in [0.3, 0.4) is 0 Å². The Morgan fingerprint density at radius 2 is 1.90 bits per heavy atom. The molecule has 0 saturated heterocycles. The average molecular weight is 307 g/mol. The van der Waals surface area contributed by atoms with Gasteiger partial charge in [0, 0.05) is 20.5 Å². The van der Waals surface area contributed by atoms with Crippen LogP contribution < -0.4 is 10.6 Å². The third kappa shape index (κ3) is 5.51. The molecule has 21 heavy (non-hydrogen) atoms. The second-order valence-electron chi connectivity index (χ2n) is 4.85. The summed E-state index contributed by atoms with van der Waals surface area (Å²) in [5.74, 6) is -0.246. The molecular formula is C15H21N3O2S. The topological polar surface area (TPSA) is 61.4 Å². The third-order valence-electron chi connectivity index (χ3n) is 2.82. The van der Waals surface area contributed by atoms with Gasteiger partial charge in [0.2, 0.25) is 5.91 Å². The van der Waals surface area contributed by atoms with Crippen LogP contribution in [0.25, 0.3) is 0 Å². The van der Waals surface area contributed by atoms with E-state index in [2.05, 4.69) is 10.6 Å². The van der Waals surface area contributed by atoms with Crippen molar-refractivity contribution in [3.63, 3.8) is 0 Å². The van der Waals surface area contributed by atoms with Crippen molar-refractivity contribution in [2.45, 2.75) is 26.2 Å². The molecule has 0 aromatic heterocycles. The Hall–Kier alpha value is -1.95. The number of amides is 2. The standard InChI is InChI=1S/C15H21N3O2S/c1-4-5-10-13(19)17-15(21)16-12-9-7-6-8-11(12)14(20)18(2)3/h6-9H,4-5,10H2,1-3H3,(H2,16,17,19,21). The summed E-state index contributed by atoms with van der Waals surface area (Å²) in [5.41, 5.74) is 1.09. The van der Waals surface area contributed by atoms with Crippen molar-refractivity contribution in [2.24, 2.45) is 0 Å². The van der Waals surface area contributed by atoms with Crippen LogP contribution >= 0.6 is 12.2 Å². The minimum atomic E-state index is -0.127. The molecule has 2 N–H and O–H groups in total. The summed E-state index contributed by atoms with van der Waals surface area (Å²) < 4.78 is 0. The molecule has 0 bridgehead atoms. The van der Waals surface area contributed by atoms with E-state index in [1.54, 1.807) is 38.4 Å². The summed E-state index contributed by atoms with van der Waals surface area (Å²) in [6, 6.07) is 7.05. The molecule has 0 aliphatic rings. The first kappa shape index (κ1) is 17.1. The third-order valence-corrected chi connectivity index (χ3v) is 3.03. The highest BCUT2D eigenvalue weighted by Crippen LogP contribution is 2.16. The smallest absolute Gasteiger partial charge is 0.255 e. The molecular weight excluding hydrogens is 286 g/mol. The Balaban J connectivity index is 2.72. The maximum Gasteiger partial charge on any atom is 0.255 e. The van der Waals surface area contributed by atoms with E-state index in [1.165, 1.54) is 4.90 Å². The van der Waals surface area contributed by atoms with E-state index < -0.39 is 0 Å². The van der Waals surface area contributed by atoms with Crippen LogP contribution in [-0.2, 0) is 4.79 Å². The number of anilines is 1. The van der Waals surface area contributed by atoms with Crippen molar-refractivity contribution in [2.75, 3.05) is 19.4 Å². The first-order chi connectivity index (χ1) is 9.95. The fourth-order valence-corrected chi connectivity index (χ4v) is 1.92. The molecule has 0 fully saturated rings. The van der Waals surface area contributed by atoms with E-state index in [-0.39, 0.29) is 16.9 Å². The largest absolute Gasteiger partial charge is 0.345 e. The molecule has 0 spiro atoms. The molecule has 0 atom stereocenters. The average Bonchev–Trinajstić information content (AvgIpc) is 2.44. The lowest BCUT2D eigenvalue weighted by molar-refractivity contribution is -0.119. The van der Waals surface area contributed by atoms with Crippen LogP contribution in [0.4, 0.5) is 5.69 Å². The predicted octanol–water partition coefficient (Wildman–Crippen LogP) is 2.39. The highest BCUT2D eigenvalue weighted by Gasteiger charge is 2.14. The summed E-state index contributed by atoms with van der Waals surface area (Å²) >= 11 is 5.11. The van der Waals surface area contributed by atoms with E-state index in [1.807, 2.05) is 6.92 Å². The van der Waals surface area contributed by atoms with Crippen LogP contribution in [0.15, 0.2) is 24.3 Å². The molecule has 6 heteroatoms. The number of nitrogens with one attached hydrogen (secondary N) is 2. The van der Waals surface area contributed by atoms with Crippen molar-refractivity contribution in [3.05, 3.63) is 29.8 Å². The van der Waals surface area contributed by atoms with E-state index in [0.29, 0.717) is 17.7 Å². The zero-order chi connectivity index (χ0) is 15.8. The number of nitrogens with zero attached hydrogens (tertiary/aromatic N) is 1. The van der Waals surface area contributed by atoms with E-state index in [9.17, 15) is 9.59 Å². The molecule has 2 amide bonds. The minimum absolute atomic E-state index is 0.120. The van der Waals surface area contributed by atoms with Gasteiger partial charge in [-0.05, 0) is 30.8 Å². The zero-order valence-electron chi connectivity index (χ0n) is 12.6. The number of para-hydroxylation sites is 1. The number of hydrogen-bond donors (Lipinski definition) is 2. The zero-order valence-corrected chi connectivity index (χ0v) is 13.4. The highest BCUT2D eigenvalue weighted by molar-refractivity contribution is 7.80. The number of unbranched alkanes of at least 4 members (excludes halogenated alkanes) is 1. The molecule has 0 aliphatic heterocycles. The fraction of sp³-hybridized carbons (Fsp3) is 0.400. The van der Waals surface area contributed by atoms with Crippen molar-refractivity contribution < 1.29 is 9.59 Å². The Kier molecular flexibility index (Phi) is 6.81. The Morgan fingerprint density at radius 3 is 2.52 bits per heavy atom. The van der Waals surface area contributed by atoms with Gasteiger partial charge in [0.1, 0.15) is 0 Å². The minimum Gasteiger partial charge on any atom is -0.345 e. The highest BCUT2D eigenvalue weighted by atomic mass is 32.1. The van der Waals surface area contributed by atoms with Gasteiger partial charge in [0.05, 0.1) is 11.3 Å². The monoisotopic (exact) mass is 307 g/mol. The molecule has 0 unspecified atom stereocenters. The summed E-state index contributed by atoms with van der Waals surface area (Å²) in [4.78, 5) is 25.2. The van der Waals surface area contributed by atoms with Crippen LogP contribution in [0.5, 0.6) is 0 Å². The second-order valence-corrected chi connectivity index (χ2v) is 5.26. The van der Waals surface area contributed by atoms with Crippen LogP contribution in [0.2, 0.25) is 0 Å². The lowest BCUT2D eigenvalue weighted by Gasteiger charge is -2.16. The molecule has 0 aliphatic carbocycles. The van der Waals surface area contributed by atoms with Gasteiger partial charge >= 0.3 is 0 Å². The van der Waals surface area contributed by atoms with Gasteiger partial charge in [-0.2, -0.15) is 0 Å². The van der Waals surface area contributed by atoms with Crippen molar-refractivity contribution in [3.8, 4) is 0 Å². The molecule has 114 valence electrons. The van der Waals surface area contributed by atoms with Gasteiger partial charge in [-0.3, -0.25) is 9.59 Å². The van der Waals surface area contributed by atoms with E-state index in [4.69, 9.17) is 12.2 Å². The summed E-state index contributed by atoms with van der Waals surface area (Å²) in [7, 11) is 3.37. The van der Waals surface area contributed by atoms with Gasteiger partial charge in [0.25, 0.3) is 5.91 Å². The first-order valence-electron chi connectivity index (χ1n) is 6.87. The van der Waals surface area contributed by atoms with Crippen LogP contribution in [-0.4, -0.2) is 35.9 Å². The maximum absolute atomic E-state index is 12.1. The number of carbonyl (C=O) groups is 2. The SMILES string of the molecule is CCCCC(=O)NC(=S)Nc1ccccc1C(=O)N(C)C. The normalized spacial score (nSPS) is 9.86. The van der Waals surface area contributed by atoms with Crippen LogP contribution in [0, 0.1) is 0 Å². The van der Waals surface area contributed by atoms with Gasteiger partial charge in [-0.1, -0.05) is 25.5 Å². The van der Waals surface area contributed by atoms with Gasteiger partial charge in [-0.15, -0.1) is 0 Å². The summed E-state index contributed by atoms with van der Waals surface area (Å²) in [6.45, 7) is 2.02. The van der Waals surface area contributed by atoms with Crippen molar-refractivity contribution in [1.29, 1.82) is 0 Å². The molecule has 5 nitrogen and oxygen atoms in total. The van der Waals surface area contributed by atoms with E-state index >= 15 is 0 Å². The van der Waals surface area contributed by atoms with E-state index in [0.717, 1.165) is 12.8 Å². The maximum atomic E-state index is 12.1. The lowest BCUT2D eigenvalue weighted by Crippen LogP contribution is -2.34. The number of benzene rings is 1. The number of rotatable bonds is 5. The molecule has 0 saturated carbocycles. The molecule has 0 radical (unpaired) electrons. The number of hydrogen-bond acceptors (Lipinski definition) is 3. The van der Waals surface area contributed by atoms with Crippen molar-refractivity contribution >= 4 is 34.8 Å². The summed E-state index contributed by atoms with van der Waals surface area (Å²) in [5, 5.41) is 5.72. The van der Waals surface area contributed by atoms with Crippen LogP contribution in [0.1, 0.15) is 36.5 Å². The molecule has 1 rings (SSSR count). The Bertz CT molecular complexity index is 529. The Labute approximate surface area is 130 Å². The second kappa shape index (κ2) is 8.36. The molecule has 0 heterocycles. The van der Waals surface area contributed by atoms with Crippen molar-refractivity contribution in [1.82, 2.24) is 10.2 Å². The lowest BCUT2D eigenvalue weighted by atomic mass is 10.1. The molecule has 1 aromatic carbocycles.